The van der Waals surface area contributed by atoms with Gasteiger partial charge in [0.2, 0.25) is 0 Å². The van der Waals surface area contributed by atoms with Crippen molar-refractivity contribution in [1.29, 1.82) is 0 Å². The molecule has 0 unspecified atom stereocenters. The third-order valence-corrected chi connectivity index (χ3v) is 2.22. The largest absolute Gasteiger partial charge is 0.127 e. The normalized spacial score (nSPS) is 9.14. The fraction of sp³-hybridized carbons (Fsp3) is 0.500. The van der Waals surface area contributed by atoms with Gasteiger partial charge in [-0.15, -0.1) is 11.6 Å². The molecule has 0 aliphatic carbocycles. The first kappa shape index (κ1) is 13.8. The predicted molar refractivity (Wildman–Crippen MR) is 66.4 cm³/mol. The van der Waals surface area contributed by atoms with E-state index in [1.807, 2.05) is 31.2 Å². The number of benzene rings is 1. The molecule has 0 spiro atoms. The Kier molecular flexibility index (Phi) is 9.23. The fourth-order valence-electron chi connectivity index (χ4n) is 0.950. The lowest BCUT2D eigenvalue weighted by molar-refractivity contribution is 0.776. The Morgan fingerprint density at radius 3 is 2.21 bits per heavy atom. The van der Waals surface area contributed by atoms with Crippen LogP contribution in [-0.2, 0) is 0 Å². The average molecular weight is 233 g/mol. The number of unbranched alkanes of at least 4 members (excludes halogenated alkanes) is 2. The first-order valence-electron chi connectivity index (χ1n) is 4.98. The molecule has 0 heterocycles. The van der Waals surface area contributed by atoms with Crippen molar-refractivity contribution in [2.24, 2.45) is 0 Å². The smallest absolute Gasteiger partial charge is 0.0408 e. The second-order valence-corrected chi connectivity index (χ2v) is 4.01. The summed E-state index contributed by atoms with van der Waals surface area (Å²) in [6, 6.07) is 7.76. The van der Waals surface area contributed by atoms with Gasteiger partial charge in [0.1, 0.15) is 0 Å². The summed E-state index contributed by atoms with van der Waals surface area (Å²) in [6.07, 6.45) is 3.73. The maximum absolute atomic E-state index is 5.64. The summed E-state index contributed by atoms with van der Waals surface area (Å²) in [5.74, 6) is 0.827. The average Bonchev–Trinajstić information content (AvgIpc) is 2.15. The first-order chi connectivity index (χ1) is 6.70. The molecule has 0 aliphatic rings. The van der Waals surface area contributed by atoms with Crippen molar-refractivity contribution in [2.45, 2.75) is 33.1 Å². The summed E-state index contributed by atoms with van der Waals surface area (Å²) in [5, 5.41) is 0.810. The Morgan fingerprint density at radius 2 is 1.93 bits per heavy atom. The highest BCUT2D eigenvalue weighted by Crippen LogP contribution is 2.08. The lowest BCUT2D eigenvalue weighted by Crippen LogP contribution is -1.70. The minimum absolute atomic E-state index is 0.810. The second kappa shape index (κ2) is 9.36. The zero-order chi connectivity index (χ0) is 10.8. The number of halogens is 2. The van der Waals surface area contributed by atoms with Crippen LogP contribution >= 0.6 is 23.2 Å². The van der Waals surface area contributed by atoms with Crippen LogP contribution in [0.15, 0.2) is 24.3 Å². The molecule has 1 aromatic carbocycles. The standard InChI is InChI=1S/C7H7Cl.C5H11Cl/c1-6-3-2-4-7(8)5-6;1-2-3-4-5-6/h2-5H,1H3;2-5H2,1H3. The van der Waals surface area contributed by atoms with Gasteiger partial charge in [-0.25, -0.2) is 0 Å². The zero-order valence-electron chi connectivity index (χ0n) is 8.89. The highest BCUT2D eigenvalue weighted by Gasteiger charge is 1.82. The molecular weight excluding hydrogens is 215 g/mol. The van der Waals surface area contributed by atoms with E-state index in [-0.39, 0.29) is 0 Å². The van der Waals surface area contributed by atoms with Crippen LogP contribution in [0.5, 0.6) is 0 Å². The van der Waals surface area contributed by atoms with Gasteiger partial charge in [0.15, 0.2) is 0 Å². The number of aryl methyl sites for hydroxylation is 1. The molecule has 14 heavy (non-hydrogen) atoms. The molecule has 1 rings (SSSR count). The molecule has 0 radical (unpaired) electrons. The van der Waals surface area contributed by atoms with E-state index in [1.165, 1.54) is 24.8 Å². The van der Waals surface area contributed by atoms with E-state index >= 15 is 0 Å². The van der Waals surface area contributed by atoms with E-state index in [9.17, 15) is 0 Å². The minimum atomic E-state index is 0.810. The summed E-state index contributed by atoms with van der Waals surface area (Å²) in [4.78, 5) is 0. The maximum atomic E-state index is 5.64. The molecule has 0 fully saturated rings. The topological polar surface area (TPSA) is 0 Å². The molecule has 0 bridgehead atoms. The first-order valence-corrected chi connectivity index (χ1v) is 5.90. The summed E-state index contributed by atoms with van der Waals surface area (Å²) >= 11 is 11.0. The van der Waals surface area contributed by atoms with E-state index in [0.717, 1.165) is 10.9 Å². The molecular formula is C12H18Cl2. The molecule has 0 aromatic heterocycles. The van der Waals surface area contributed by atoms with Crippen LogP contribution in [0, 0.1) is 6.92 Å². The van der Waals surface area contributed by atoms with Crippen LogP contribution in [0.4, 0.5) is 0 Å². The van der Waals surface area contributed by atoms with Crippen molar-refractivity contribution in [2.75, 3.05) is 5.88 Å². The van der Waals surface area contributed by atoms with Crippen LogP contribution in [0.25, 0.3) is 0 Å². The van der Waals surface area contributed by atoms with Crippen LogP contribution in [-0.4, -0.2) is 5.88 Å². The third kappa shape index (κ3) is 8.40. The molecule has 0 saturated carbocycles. The van der Waals surface area contributed by atoms with E-state index in [1.54, 1.807) is 0 Å². The van der Waals surface area contributed by atoms with Gasteiger partial charge in [0.05, 0.1) is 0 Å². The van der Waals surface area contributed by atoms with Gasteiger partial charge >= 0.3 is 0 Å². The van der Waals surface area contributed by atoms with E-state index in [0.29, 0.717) is 0 Å². The summed E-state index contributed by atoms with van der Waals surface area (Å²) in [6.45, 7) is 4.19. The van der Waals surface area contributed by atoms with Gasteiger partial charge in [-0.2, -0.15) is 0 Å². The molecule has 1 aromatic rings. The quantitative estimate of drug-likeness (QED) is 0.505. The van der Waals surface area contributed by atoms with Crippen molar-refractivity contribution in [3.8, 4) is 0 Å². The third-order valence-electron chi connectivity index (χ3n) is 1.72. The molecule has 0 saturated heterocycles. The molecule has 2 heteroatoms. The van der Waals surface area contributed by atoms with E-state index in [4.69, 9.17) is 23.2 Å². The maximum Gasteiger partial charge on any atom is 0.0408 e. The summed E-state index contributed by atoms with van der Waals surface area (Å²) in [7, 11) is 0. The summed E-state index contributed by atoms with van der Waals surface area (Å²) in [5.41, 5.74) is 1.21. The van der Waals surface area contributed by atoms with E-state index in [2.05, 4.69) is 6.92 Å². The van der Waals surface area contributed by atoms with Gasteiger partial charge in [0, 0.05) is 10.9 Å². The molecule has 0 N–H and O–H groups in total. The van der Waals surface area contributed by atoms with Crippen LogP contribution in [0.3, 0.4) is 0 Å². The Hall–Kier alpha value is -0.200. The van der Waals surface area contributed by atoms with Crippen LogP contribution in [0.2, 0.25) is 5.02 Å². The Labute approximate surface area is 97.2 Å². The van der Waals surface area contributed by atoms with Crippen molar-refractivity contribution in [3.63, 3.8) is 0 Å². The van der Waals surface area contributed by atoms with Gasteiger partial charge in [-0.05, 0) is 31.0 Å². The molecule has 0 atom stereocenters. The lowest BCUT2D eigenvalue weighted by Gasteiger charge is -1.88. The monoisotopic (exact) mass is 232 g/mol. The second-order valence-electron chi connectivity index (χ2n) is 3.20. The van der Waals surface area contributed by atoms with Gasteiger partial charge < -0.3 is 0 Å². The highest BCUT2D eigenvalue weighted by molar-refractivity contribution is 6.30. The Balaban J connectivity index is 0.000000255. The van der Waals surface area contributed by atoms with E-state index < -0.39 is 0 Å². The van der Waals surface area contributed by atoms with Crippen molar-refractivity contribution in [3.05, 3.63) is 34.9 Å². The van der Waals surface area contributed by atoms with Gasteiger partial charge in [-0.1, -0.05) is 43.5 Å². The molecule has 0 amide bonds. The van der Waals surface area contributed by atoms with Crippen LogP contribution in [0.1, 0.15) is 31.7 Å². The highest BCUT2D eigenvalue weighted by atomic mass is 35.5. The summed E-state index contributed by atoms with van der Waals surface area (Å²) < 4.78 is 0. The minimum Gasteiger partial charge on any atom is -0.127 e. The molecule has 0 nitrogen and oxygen atoms in total. The molecule has 80 valence electrons. The van der Waals surface area contributed by atoms with Gasteiger partial charge in [0.25, 0.3) is 0 Å². The number of alkyl halides is 1. The molecule has 0 aliphatic heterocycles. The van der Waals surface area contributed by atoms with Crippen molar-refractivity contribution in [1.82, 2.24) is 0 Å². The van der Waals surface area contributed by atoms with Crippen molar-refractivity contribution >= 4 is 23.2 Å². The van der Waals surface area contributed by atoms with Crippen molar-refractivity contribution < 1.29 is 0 Å². The zero-order valence-corrected chi connectivity index (χ0v) is 10.4. The van der Waals surface area contributed by atoms with Gasteiger partial charge in [-0.3, -0.25) is 0 Å². The SMILES string of the molecule is CCCCCCl.Cc1cccc(Cl)c1. The fourth-order valence-corrected chi connectivity index (χ4v) is 1.38. The lowest BCUT2D eigenvalue weighted by atomic mass is 10.2. The number of hydrogen-bond acceptors (Lipinski definition) is 0. The van der Waals surface area contributed by atoms with Crippen LogP contribution < -0.4 is 0 Å². The number of hydrogen-bond donors (Lipinski definition) is 0. The predicted octanol–water partition coefficient (Wildman–Crippen LogP) is 5.06. The Bertz CT molecular complexity index is 212. The number of rotatable bonds is 3. The Morgan fingerprint density at radius 1 is 1.21 bits per heavy atom.